The van der Waals surface area contributed by atoms with Crippen LogP contribution < -0.4 is 11.1 Å². The number of hydrogen-bond donors (Lipinski definition) is 2. The molecule has 0 spiro atoms. The Balaban J connectivity index is 0.000000485. The zero-order valence-electron chi connectivity index (χ0n) is 16.6. The number of rotatable bonds is 11. The van der Waals surface area contributed by atoms with Crippen molar-refractivity contribution in [3.05, 3.63) is 12.7 Å². The third-order valence-electron chi connectivity index (χ3n) is 3.86. The molecular weight excluding hydrogens is 352 g/mol. The summed E-state index contributed by atoms with van der Waals surface area (Å²) < 4.78 is 17.0. The molecule has 0 aromatic rings. The van der Waals surface area contributed by atoms with E-state index in [1.807, 2.05) is 20.8 Å². The van der Waals surface area contributed by atoms with Crippen molar-refractivity contribution in [2.24, 2.45) is 11.7 Å². The summed E-state index contributed by atoms with van der Waals surface area (Å²) in [5.41, 5.74) is 5.48. The highest BCUT2D eigenvalue weighted by Gasteiger charge is 2.39. The van der Waals surface area contributed by atoms with Crippen molar-refractivity contribution < 1.29 is 22.9 Å². The number of ketones is 1. The third-order valence-corrected chi connectivity index (χ3v) is 7.01. The molecule has 0 aromatic carbocycles. The van der Waals surface area contributed by atoms with Gasteiger partial charge in [0.05, 0.1) is 0 Å². The molecule has 1 amide bonds. The number of carbonyl (C=O) groups excluding carboxylic acids is 2. The van der Waals surface area contributed by atoms with Crippen molar-refractivity contribution in [2.75, 3.05) is 32.9 Å². The van der Waals surface area contributed by atoms with Crippen LogP contribution in [0.15, 0.2) is 12.7 Å². The van der Waals surface area contributed by atoms with Gasteiger partial charge in [-0.15, -0.1) is 0 Å². The van der Waals surface area contributed by atoms with Gasteiger partial charge in [-0.2, -0.15) is 0 Å². The molecule has 1 atom stereocenters. The minimum Gasteiger partial charge on any atom is -0.374 e. The summed E-state index contributed by atoms with van der Waals surface area (Å²) in [5, 5.41) is 2.70. The van der Waals surface area contributed by atoms with E-state index >= 15 is 0 Å². The SMILES string of the molecule is C=CC(=O)C1CCCCNC1=O.CCO[Si](CCCN)(OCC)OCC. The van der Waals surface area contributed by atoms with E-state index in [0.717, 1.165) is 25.3 Å². The van der Waals surface area contributed by atoms with Gasteiger partial charge in [-0.05, 0) is 52.7 Å². The average Bonchev–Trinajstić information content (AvgIpc) is 2.85. The van der Waals surface area contributed by atoms with Crippen molar-refractivity contribution in [3.63, 3.8) is 0 Å². The summed E-state index contributed by atoms with van der Waals surface area (Å²) in [5.74, 6) is -0.781. The fourth-order valence-electron chi connectivity index (χ4n) is 2.67. The van der Waals surface area contributed by atoms with E-state index in [1.165, 1.54) is 6.08 Å². The average molecular weight is 389 g/mol. The Morgan fingerprint density at radius 1 is 1.23 bits per heavy atom. The minimum absolute atomic E-state index is 0.141. The van der Waals surface area contributed by atoms with Crippen molar-refractivity contribution in [1.29, 1.82) is 0 Å². The van der Waals surface area contributed by atoms with Crippen LogP contribution in [0.5, 0.6) is 0 Å². The highest BCUT2D eigenvalue weighted by molar-refractivity contribution is 6.60. The van der Waals surface area contributed by atoms with Gasteiger partial charge in [0.2, 0.25) is 5.91 Å². The number of nitrogens with one attached hydrogen (secondary N) is 1. The van der Waals surface area contributed by atoms with Crippen LogP contribution in [0, 0.1) is 5.92 Å². The van der Waals surface area contributed by atoms with E-state index in [0.29, 0.717) is 39.3 Å². The van der Waals surface area contributed by atoms with E-state index < -0.39 is 14.7 Å². The first kappa shape index (κ1) is 24.9. The molecule has 1 unspecified atom stereocenters. The summed E-state index contributed by atoms with van der Waals surface area (Å²) >= 11 is 0. The summed E-state index contributed by atoms with van der Waals surface area (Å²) in [4.78, 5) is 22.4. The lowest BCUT2D eigenvalue weighted by Crippen LogP contribution is -2.46. The molecule has 7 nitrogen and oxygen atoms in total. The molecule has 0 radical (unpaired) electrons. The van der Waals surface area contributed by atoms with Crippen LogP contribution in [0.25, 0.3) is 0 Å². The maximum atomic E-state index is 11.2. The van der Waals surface area contributed by atoms with Crippen molar-refractivity contribution in [3.8, 4) is 0 Å². The molecule has 3 N–H and O–H groups in total. The normalized spacial score (nSPS) is 17.5. The number of allylic oxidation sites excluding steroid dienone is 1. The van der Waals surface area contributed by atoms with Crippen LogP contribution in [0.4, 0.5) is 0 Å². The summed E-state index contributed by atoms with van der Waals surface area (Å²) in [7, 11) is -2.40. The molecule has 26 heavy (non-hydrogen) atoms. The van der Waals surface area contributed by atoms with E-state index in [-0.39, 0.29) is 11.7 Å². The first-order valence-corrected chi connectivity index (χ1v) is 11.5. The fourth-order valence-corrected chi connectivity index (χ4v) is 5.31. The first-order chi connectivity index (χ1) is 12.5. The molecule has 8 heteroatoms. The summed E-state index contributed by atoms with van der Waals surface area (Å²) in [6, 6.07) is 0.818. The Hall–Kier alpha value is -1.06. The number of amides is 1. The van der Waals surface area contributed by atoms with E-state index in [9.17, 15) is 9.59 Å². The van der Waals surface area contributed by atoms with E-state index in [1.54, 1.807) is 0 Å². The van der Waals surface area contributed by atoms with Gasteiger partial charge in [-0.25, -0.2) is 0 Å². The van der Waals surface area contributed by atoms with Crippen molar-refractivity contribution >= 4 is 20.5 Å². The quantitative estimate of drug-likeness (QED) is 0.319. The van der Waals surface area contributed by atoms with E-state index in [2.05, 4.69) is 11.9 Å². The fraction of sp³-hybridized carbons (Fsp3) is 0.778. The van der Waals surface area contributed by atoms with Gasteiger partial charge in [0.15, 0.2) is 5.78 Å². The number of hydrogen-bond acceptors (Lipinski definition) is 6. The second kappa shape index (κ2) is 15.0. The first-order valence-electron chi connectivity index (χ1n) is 9.56. The van der Waals surface area contributed by atoms with Gasteiger partial charge < -0.3 is 24.3 Å². The second-order valence-corrected chi connectivity index (χ2v) is 8.55. The molecule has 1 saturated heterocycles. The number of carbonyl (C=O) groups is 2. The zero-order valence-corrected chi connectivity index (χ0v) is 17.6. The lowest BCUT2D eigenvalue weighted by molar-refractivity contribution is -0.131. The zero-order chi connectivity index (χ0) is 19.8. The molecule has 0 bridgehead atoms. The monoisotopic (exact) mass is 388 g/mol. The Kier molecular flexibility index (Phi) is 14.4. The van der Waals surface area contributed by atoms with E-state index in [4.69, 9.17) is 19.0 Å². The molecule has 1 fully saturated rings. The highest BCUT2D eigenvalue weighted by Crippen LogP contribution is 2.17. The highest BCUT2D eigenvalue weighted by atomic mass is 28.4. The smallest absolute Gasteiger partial charge is 0.374 e. The minimum atomic E-state index is -2.40. The predicted molar refractivity (Wildman–Crippen MR) is 105 cm³/mol. The predicted octanol–water partition coefficient (Wildman–Crippen LogP) is 2.04. The molecule has 1 rings (SSSR count). The lowest BCUT2D eigenvalue weighted by atomic mass is 9.98. The standard InChI is InChI=1S/C9H23NO3Si.C9H13NO2/c1-4-11-14(12-5-2,13-6-3)9-7-8-10;1-2-8(11)7-5-3-4-6-10-9(7)12/h4-10H2,1-3H3;2,7H,1,3-6H2,(H,10,12). The second-order valence-electron chi connectivity index (χ2n) is 5.82. The Bertz CT molecular complexity index is 403. The Morgan fingerprint density at radius 3 is 2.27 bits per heavy atom. The van der Waals surface area contributed by atoms with Gasteiger partial charge in [0.25, 0.3) is 0 Å². The van der Waals surface area contributed by atoms with Crippen LogP contribution >= 0.6 is 0 Å². The molecule has 1 aliphatic heterocycles. The summed E-state index contributed by atoms with van der Waals surface area (Å²) in [6.07, 6.45) is 4.69. The molecule has 0 aromatic heterocycles. The third kappa shape index (κ3) is 9.58. The maximum absolute atomic E-state index is 11.2. The number of nitrogens with two attached hydrogens (primary N) is 1. The maximum Gasteiger partial charge on any atom is 0.500 e. The van der Waals surface area contributed by atoms with Crippen molar-refractivity contribution in [1.82, 2.24) is 5.32 Å². The van der Waals surface area contributed by atoms with Crippen LogP contribution in [-0.4, -0.2) is 53.4 Å². The van der Waals surface area contributed by atoms with Gasteiger partial charge >= 0.3 is 8.80 Å². The Morgan fingerprint density at radius 2 is 1.81 bits per heavy atom. The summed E-state index contributed by atoms with van der Waals surface area (Å²) in [6.45, 7) is 12.5. The van der Waals surface area contributed by atoms with Gasteiger partial charge in [0.1, 0.15) is 5.92 Å². The van der Waals surface area contributed by atoms with Gasteiger partial charge in [0, 0.05) is 32.4 Å². The molecule has 1 aliphatic rings. The van der Waals surface area contributed by atoms with Gasteiger partial charge in [-0.1, -0.05) is 13.0 Å². The van der Waals surface area contributed by atoms with Gasteiger partial charge in [-0.3, -0.25) is 9.59 Å². The molecule has 152 valence electrons. The van der Waals surface area contributed by atoms with Crippen LogP contribution in [0.1, 0.15) is 46.5 Å². The topological polar surface area (TPSA) is 99.9 Å². The molecule has 0 saturated carbocycles. The Labute approximate surface area is 159 Å². The lowest BCUT2D eigenvalue weighted by Gasteiger charge is -2.28. The molecular formula is C18H36N2O5Si. The van der Waals surface area contributed by atoms with Crippen molar-refractivity contribution in [2.45, 2.75) is 52.5 Å². The largest absolute Gasteiger partial charge is 0.500 e. The molecule has 0 aliphatic carbocycles. The van der Waals surface area contributed by atoms with Crippen LogP contribution in [-0.2, 0) is 22.9 Å². The molecule has 1 heterocycles. The van der Waals surface area contributed by atoms with Crippen LogP contribution in [0.2, 0.25) is 6.04 Å². The van der Waals surface area contributed by atoms with Crippen LogP contribution in [0.3, 0.4) is 0 Å².